The first kappa shape index (κ1) is 12.8. The normalized spacial score (nSPS) is 11.1. The summed E-state index contributed by atoms with van der Waals surface area (Å²) in [6.07, 6.45) is 1.44. The molecule has 0 radical (unpaired) electrons. The van der Waals surface area contributed by atoms with Crippen molar-refractivity contribution in [2.24, 2.45) is 0 Å². The molecule has 17 heavy (non-hydrogen) atoms. The molecule has 88 valence electrons. The Kier molecular flexibility index (Phi) is 4.29. The summed E-state index contributed by atoms with van der Waals surface area (Å²) < 4.78 is 0. The molecule has 0 aromatic heterocycles. The summed E-state index contributed by atoms with van der Waals surface area (Å²) in [5.41, 5.74) is 0.629. The summed E-state index contributed by atoms with van der Waals surface area (Å²) in [6, 6.07) is 8.19. The van der Waals surface area contributed by atoms with Gasteiger partial charge in [0.05, 0.1) is 0 Å². The van der Waals surface area contributed by atoms with Crippen molar-refractivity contribution in [2.45, 2.75) is 19.9 Å². The molecule has 0 unspecified atom stereocenters. The van der Waals surface area contributed by atoms with Crippen LogP contribution in [0, 0.1) is 11.3 Å². The molecule has 0 saturated carbocycles. The Balaban J connectivity index is 2.95. The second kappa shape index (κ2) is 5.71. The number of carbonyl (C=O) groups is 1. The van der Waals surface area contributed by atoms with E-state index in [1.54, 1.807) is 12.1 Å². The van der Waals surface area contributed by atoms with E-state index in [0.717, 1.165) is 0 Å². The maximum atomic E-state index is 11.6. The average Bonchev–Trinajstić information content (AvgIpc) is 2.24. The summed E-state index contributed by atoms with van der Waals surface area (Å²) in [6.45, 7) is 3.64. The van der Waals surface area contributed by atoms with E-state index >= 15 is 0 Å². The number of nitrogens with one attached hydrogen (secondary N) is 1. The van der Waals surface area contributed by atoms with Crippen molar-refractivity contribution in [3.63, 3.8) is 0 Å². The third-order valence-electron chi connectivity index (χ3n) is 1.97. The molecule has 0 spiro atoms. The summed E-state index contributed by atoms with van der Waals surface area (Å²) >= 11 is 0. The third-order valence-corrected chi connectivity index (χ3v) is 1.97. The molecule has 0 aliphatic rings. The Morgan fingerprint density at radius 3 is 2.76 bits per heavy atom. The number of benzene rings is 1. The molecule has 0 heterocycles. The zero-order valence-electron chi connectivity index (χ0n) is 9.77. The van der Waals surface area contributed by atoms with E-state index in [9.17, 15) is 9.90 Å². The zero-order valence-corrected chi connectivity index (χ0v) is 9.77. The van der Waals surface area contributed by atoms with Crippen molar-refractivity contribution < 1.29 is 9.90 Å². The van der Waals surface area contributed by atoms with E-state index in [2.05, 4.69) is 5.32 Å². The van der Waals surface area contributed by atoms with Crippen molar-refractivity contribution in [1.82, 2.24) is 5.32 Å². The van der Waals surface area contributed by atoms with Gasteiger partial charge in [0.1, 0.15) is 17.4 Å². The third kappa shape index (κ3) is 3.99. The van der Waals surface area contributed by atoms with Crippen LogP contribution in [-0.2, 0) is 4.79 Å². The van der Waals surface area contributed by atoms with Gasteiger partial charge < -0.3 is 10.4 Å². The molecule has 0 saturated heterocycles. The molecule has 0 bridgehead atoms. The average molecular weight is 230 g/mol. The number of hydrogen-bond acceptors (Lipinski definition) is 3. The number of phenols is 1. The maximum absolute atomic E-state index is 11.6. The van der Waals surface area contributed by atoms with Crippen molar-refractivity contribution in [3.8, 4) is 11.8 Å². The van der Waals surface area contributed by atoms with Crippen LogP contribution in [0.15, 0.2) is 29.8 Å². The lowest BCUT2D eigenvalue weighted by Crippen LogP contribution is -2.30. The minimum atomic E-state index is -0.411. The molecular formula is C13H14N2O2. The topological polar surface area (TPSA) is 73.1 Å². The quantitative estimate of drug-likeness (QED) is 0.614. The van der Waals surface area contributed by atoms with Gasteiger partial charge in [-0.3, -0.25) is 4.79 Å². The second-order valence-electron chi connectivity index (χ2n) is 3.89. The molecular weight excluding hydrogens is 216 g/mol. The van der Waals surface area contributed by atoms with E-state index in [4.69, 9.17) is 5.26 Å². The number of amides is 1. The molecule has 2 N–H and O–H groups in total. The monoisotopic (exact) mass is 230 g/mol. The predicted molar refractivity (Wildman–Crippen MR) is 65.0 cm³/mol. The van der Waals surface area contributed by atoms with Crippen LogP contribution in [0.2, 0.25) is 0 Å². The number of rotatable bonds is 3. The fourth-order valence-electron chi connectivity index (χ4n) is 1.27. The SMILES string of the molecule is CC(C)NC(=O)C(C#N)=Cc1cccc(O)c1. The van der Waals surface area contributed by atoms with Gasteiger partial charge in [0.25, 0.3) is 5.91 Å². The molecule has 1 rings (SSSR count). The first-order chi connectivity index (χ1) is 8.02. The largest absolute Gasteiger partial charge is 0.508 e. The van der Waals surface area contributed by atoms with E-state index in [1.165, 1.54) is 18.2 Å². The van der Waals surface area contributed by atoms with Gasteiger partial charge in [0.2, 0.25) is 0 Å². The minimum Gasteiger partial charge on any atom is -0.508 e. The molecule has 0 fully saturated rings. The standard InChI is InChI=1S/C13H14N2O2/c1-9(2)15-13(17)11(8-14)6-10-4-3-5-12(16)7-10/h3-7,9,16H,1-2H3,(H,15,17). The predicted octanol–water partition coefficient (Wildman–Crippen LogP) is 1.82. The van der Waals surface area contributed by atoms with Crippen LogP contribution < -0.4 is 5.32 Å². The number of phenolic OH excluding ortho intramolecular Hbond substituents is 1. The van der Waals surface area contributed by atoms with Crippen molar-refractivity contribution in [1.29, 1.82) is 5.26 Å². The number of hydrogen-bond donors (Lipinski definition) is 2. The van der Waals surface area contributed by atoms with Crippen LogP contribution in [0.25, 0.3) is 6.08 Å². The molecule has 4 heteroatoms. The highest BCUT2D eigenvalue weighted by Crippen LogP contribution is 2.14. The van der Waals surface area contributed by atoms with Crippen molar-refractivity contribution in [3.05, 3.63) is 35.4 Å². The van der Waals surface area contributed by atoms with Crippen LogP contribution in [0.4, 0.5) is 0 Å². The Labute approximate surface area is 100 Å². The summed E-state index contributed by atoms with van der Waals surface area (Å²) in [7, 11) is 0. The Morgan fingerprint density at radius 2 is 2.24 bits per heavy atom. The molecule has 0 aliphatic carbocycles. The van der Waals surface area contributed by atoms with Crippen LogP contribution in [-0.4, -0.2) is 17.1 Å². The second-order valence-corrected chi connectivity index (χ2v) is 3.89. The van der Waals surface area contributed by atoms with E-state index in [1.807, 2.05) is 19.9 Å². The Hall–Kier alpha value is -2.28. The first-order valence-electron chi connectivity index (χ1n) is 5.24. The minimum absolute atomic E-state index is 0.0179. The Morgan fingerprint density at radius 1 is 1.53 bits per heavy atom. The molecule has 1 aromatic carbocycles. The smallest absolute Gasteiger partial charge is 0.262 e. The summed E-state index contributed by atoms with van der Waals surface area (Å²) in [4.78, 5) is 11.6. The molecule has 4 nitrogen and oxygen atoms in total. The molecule has 1 amide bonds. The fraction of sp³-hybridized carbons (Fsp3) is 0.231. The van der Waals surface area contributed by atoms with Crippen LogP contribution in [0.1, 0.15) is 19.4 Å². The van der Waals surface area contributed by atoms with E-state index in [0.29, 0.717) is 5.56 Å². The van der Waals surface area contributed by atoms with Gasteiger partial charge >= 0.3 is 0 Å². The summed E-state index contributed by atoms with van der Waals surface area (Å²) in [5.74, 6) is -0.314. The van der Waals surface area contributed by atoms with Gasteiger partial charge in [-0.15, -0.1) is 0 Å². The van der Waals surface area contributed by atoms with Gasteiger partial charge in [-0.1, -0.05) is 12.1 Å². The maximum Gasteiger partial charge on any atom is 0.262 e. The number of nitriles is 1. The van der Waals surface area contributed by atoms with Crippen LogP contribution in [0.3, 0.4) is 0 Å². The highest BCUT2D eigenvalue weighted by Gasteiger charge is 2.09. The first-order valence-corrected chi connectivity index (χ1v) is 5.24. The van der Waals surface area contributed by atoms with E-state index in [-0.39, 0.29) is 17.4 Å². The summed E-state index contributed by atoms with van der Waals surface area (Å²) in [5, 5.41) is 20.8. The lowest BCUT2D eigenvalue weighted by Gasteiger charge is -2.06. The number of nitrogens with zero attached hydrogens (tertiary/aromatic N) is 1. The number of aromatic hydroxyl groups is 1. The number of carbonyl (C=O) groups excluding carboxylic acids is 1. The van der Waals surface area contributed by atoms with Crippen LogP contribution in [0.5, 0.6) is 5.75 Å². The highest BCUT2D eigenvalue weighted by atomic mass is 16.3. The fourth-order valence-corrected chi connectivity index (χ4v) is 1.27. The van der Waals surface area contributed by atoms with Crippen LogP contribution >= 0.6 is 0 Å². The highest BCUT2D eigenvalue weighted by molar-refractivity contribution is 6.01. The van der Waals surface area contributed by atoms with Gasteiger partial charge in [-0.25, -0.2) is 0 Å². The molecule has 1 aromatic rings. The Bertz CT molecular complexity index is 484. The van der Waals surface area contributed by atoms with Gasteiger partial charge in [0.15, 0.2) is 0 Å². The molecule has 0 atom stereocenters. The van der Waals surface area contributed by atoms with Gasteiger partial charge in [0, 0.05) is 6.04 Å². The lowest BCUT2D eigenvalue weighted by atomic mass is 10.1. The lowest BCUT2D eigenvalue weighted by molar-refractivity contribution is -0.117. The van der Waals surface area contributed by atoms with Crippen molar-refractivity contribution in [2.75, 3.05) is 0 Å². The zero-order chi connectivity index (χ0) is 12.8. The molecule has 0 aliphatic heterocycles. The van der Waals surface area contributed by atoms with E-state index < -0.39 is 5.91 Å². The van der Waals surface area contributed by atoms with Crippen molar-refractivity contribution >= 4 is 12.0 Å². The van der Waals surface area contributed by atoms with Gasteiger partial charge in [-0.05, 0) is 37.6 Å². The van der Waals surface area contributed by atoms with Gasteiger partial charge in [-0.2, -0.15) is 5.26 Å².